The van der Waals surface area contributed by atoms with Crippen LogP contribution in [-0.2, 0) is 21.1 Å². The summed E-state index contributed by atoms with van der Waals surface area (Å²) in [5.41, 5.74) is 7.39. The number of aromatic amines is 2. The van der Waals surface area contributed by atoms with E-state index in [0.29, 0.717) is 22.3 Å². The largest absolute Gasteiger partial charge is 0.355 e. The number of rotatable bonds is 1. The second kappa shape index (κ2) is 8.17. The molecule has 8 bridgehead atoms. The first-order chi connectivity index (χ1) is 15.2. The number of H-pyrrole nitrogens is 2. The number of nitrogens with one attached hydrogen (secondary N) is 2. The Morgan fingerprint density at radius 1 is 0.594 bits per heavy atom. The van der Waals surface area contributed by atoms with Gasteiger partial charge in [-0.05, 0) is 66.3 Å². The number of hydrogen-bond donors (Lipinski definition) is 2. The Kier molecular flexibility index (Phi) is 5.20. The Bertz CT molecular complexity index is 1540. The minimum Gasteiger partial charge on any atom is -0.355 e. The summed E-state index contributed by atoms with van der Waals surface area (Å²) >= 11 is 0. The Hall–Kier alpha value is -3.56. The molecule has 0 saturated heterocycles. The molecule has 2 aliphatic heterocycles. The number of hydrogen-bond acceptors (Lipinski definition) is 2. The van der Waals surface area contributed by atoms with Crippen molar-refractivity contribution in [3.63, 3.8) is 0 Å². The van der Waals surface area contributed by atoms with E-state index in [0.717, 1.165) is 33.7 Å². The predicted octanol–water partition coefficient (Wildman–Crippen LogP) is 6.46. The summed E-state index contributed by atoms with van der Waals surface area (Å²) in [4.78, 5) is 15.9. The van der Waals surface area contributed by atoms with Crippen LogP contribution in [0.15, 0.2) is 66.7 Å². The van der Waals surface area contributed by atoms with Gasteiger partial charge in [0.15, 0.2) is 5.82 Å². The van der Waals surface area contributed by atoms with Crippen LogP contribution in [0.1, 0.15) is 22.8 Å². The van der Waals surface area contributed by atoms with Gasteiger partial charge in [-0.2, -0.15) is 0 Å². The molecular weight excluding hydrogens is 582 g/mol. The van der Waals surface area contributed by atoms with Crippen molar-refractivity contribution in [1.82, 2.24) is 19.9 Å². The molecule has 4 nitrogen and oxygen atoms in total. The molecule has 0 aliphatic carbocycles. The van der Waals surface area contributed by atoms with Crippen LogP contribution in [0.4, 0.5) is 4.39 Å². The van der Waals surface area contributed by atoms with Gasteiger partial charge >= 0.3 is 0 Å². The number of nitrogens with zero attached hydrogens (tertiary/aromatic N) is 2. The van der Waals surface area contributed by atoms with Crippen LogP contribution >= 0.6 is 0 Å². The summed E-state index contributed by atoms with van der Waals surface area (Å²) in [6, 6.07) is 21.1. The van der Waals surface area contributed by atoms with Crippen molar-refractivity contribution in [2.75, 3.05) is 0 Å². The van der Waals surface area contributed by atoms with Crippen molar-refractivity contribution in [1.29, 1.82) is 0 Å². The summed E-state index contributed by atoms with van der Waals surface area (Å²) in [5.74, 6) is -0.303. The molecule has 0 fully saturated rings. The van der Waals surface area contributed by atoms with Crippen LogP contribution in [0.2, 0.25) is 0 Å². The first kappa shape index (κ1) is 20.3. The Labute approximate surface area is 197 Å². The van der Waals surface area contributed by atoms with Gasteiger partial charge in [0.05, 0.1) is 33.8 Å². The Balaban J connectivity index is 0.00000216. The fourth-order valence-corrected chi connectivity index (χ4v) is 3.93. The third-order valence-corrected chi connectivity index (χ3v) is 5.35. The monoisotopic (exact) mass is 599 g/mol. The van der Waals surface area contributed by atoms with E-state index in [1.807, 2.05) is 85.0 Å². The third kappa shape index (κ3) is 3.76. The molecule has 1 aromatic carbocycles. The van der Waals surface area contributed by atoms with Crippen LogP contribution in [0.3, 0.4) is 0 Å². The zero-order valence-electron chi connectivity index (χ0n) is 16.7. The quantitative estimate of drug-likeness (QED) is 0.228. The molecule has 2 aliphatic rings. The van der Waals surface area contributed by atoms with Gasteiger partial charge in [0.1, 0.15) is 0 Å². The van der Waals surface area contributed by atoms with Crippen LogP contribution in [0, 0.1) is 5.82 Å². The molecule has 0 amide bonds. The smallest absolute Gasteiger partial charge is 0.156 e. The van der Waals surface area contributed by atoms with Crippen molar-refractivity contribution in [3.05, 3.63) is 95.3 Å². The molecule has 0 saturated carbocycles. The van der Waals surface area contributed by atoms with Crippen molar-refractivity contribution in [2.24, 2.45) is 0 Å². The minimum atomic E-state index is -0.303. The molecule has 6 rings (SSSR count). The van der Waals surface area contributed by atoms with Crippen LogP contribution in [0.5, 0.6) is 0 Å². The van der Waals surface area contributed by atoms with E-state index in [1.165, 1.54) is 0 Å². The van der Waals surface area contributed by atoms with Crippen molar-refractivity contribution >= 4 is 46.4 Å². The molecule has 4 aromatic rings. The van der Waals surface area contributed by atoms with Crippen molar-refractivity contribution in [3.8, 4) is 11.1 Å². The zero-order chi connectivity index (χ0) is 20.8. The average molecular weight is 600 g/mol. The SMILES string of the molecule is Fc1c(-c2ccccc2)c2cc3nc(cc4ccc(cc5nc(cc1[nH]2)C=C5)[nH]4)C=C3.[Pt]. The van der Waals surface area contributed by atoms with Crippen LogP contribution < -0.4 is 0 Å². The van der Waals surface area contributed by atoms with E-state index in [-0.39, 0.29) is 26.9 Å². The summed E-state index contributed by atoms with van der Waals surface area (Å²) in [5, 5.41) is 0. The first-order valence-corrected chi connectivity index (χ1v) is 10.0. The normalized spacial score (nSPS) is 12.0. The molecular formula is C26H17FN4Pt. The van der Waals surface area contributed by atoms with E-state index in [9.17, 15) is 0 Å². The van der Waals surface area contributed by atoms with E-state index in [1.54, 1.807) is 6.07 Å². The number of benzene rings is 1. The maximum atomic E-state index is 15.6. The maximum Gasteiger partial charge on any atom is 0.156 e. The standard InChI is InChI=1S/C26H17FN4.Pt/c27-26-24-15-22-11-9-20(30-22)13-18-7-6-17(28-18)12-19-8-10-21(29-19)14-23(31-24)25(26)16-4-2-1-3-5-16;/h1-15,28,31H;. The molecule has 2 N–H and O–H groups in total. The first-order valence-electron chi connectivity index (χ1n) is 10.0. The maximum absolute atomic E-state index is 15.6. The fourth-order valence-electron chi connectivity index (χ4n) is 3.93. The molecule has 32 heavy (non-hydrogen) atoms. The molecule has 0 radical (unpaired) electrons. The Morgan fingerprint density at radius 3 is 1.72 bits per heavy atom. The van der Waals surface area contributed by atoms with Gasteiger partial charge in [-0.25, -0.2) is 14.4 Å². The molecule has 3 aromatic heterocycles. The van der Waals surface area contributed by atoms with Crippen LogP contribution in [-0.4, -0.2) is 19.9 Å². The second-order valence-electron chi connectivity index (χ2n) is 7.54. The van der Waals surface area contributed by atoms with Gasteiger partial charge in [0.25, 0.3) is 0 Å². The van der Waals surface area contributed by atoms with Gasteiger partial charge in [0.2, 0.25) is 0 Å². The fraction of sp³-hybridized carbons (Fsp3) is 0. The van der Waals surface area contributed by atoms with Crippen molar-refractivity contribution in [2.45, 2.75) is 0 Å². The number of halogens is 1. The van der Waals surface area contributed by atoms with E-state index in [2.05, 4.69) is 19.9 Å². The minimum absolute atomic E-state index is 0. The summed E-state index contributed by atoms with van der Waals surface area (Å²) < 4.78 is 15.6. The topological polar surface area (TPSA) is 57.4 Å². The Morgan fingerprint density at radius 2 is 1.12 bits per heavy atom. The zero-order valence-corrected chi connectivity index (χ0v) is 19.0. The van der Waals surface area contributed by atoms with E-state index < -0.39 is 0 Å². The molecule has 0 atom stereocenters. The summed E-state index contributed by atoms with van der Waals surface area (Å²) in [6.07, 6.45) is 7.69. The van der Waals surface area contributed by atoms with Crippen molar-refractivity contribution < 1.29 is 25.5 Å². The second-order valence-corrected chi connectivity index (χ2v) is 7.54. The van der Waals surface area contributed by atoms with Gasteiger partial charge in [-0.3, -0.25) is 0 Å². The molecule has 5 heterocycles. The average Bonchev–Trinajstić information content (AvgIpc) is 3.55. The third-order valence-electron chi connectivity index (χ3n) is 5.35. The van der Waals surface area contributed by atoms with E-state index >= 15 is 4.39 Å². The van der Waals surface area contributed by atoms with Gasteiger partial charge < -0.3 is 9.97 Å². The summed E-state index contributed by atoms with van der Waals surface area (Å²) in [7, 11) is 0. The van der Waals surface area contributed by atoms with Gasteiger partial charge in [-0.1, -0.05) is 30.3 Å². The van der Waals surface area contributed by atoms with E-state index in [4.69, 9.17) is 0 Å². The molecule has 158 valence electrons. The summed E-state index contributed by atoms with van der Waals surface area (Å²) in [6.45, 7) is 0. The van der Waals surface area contributed by atoms with Crippen LogP contribution in [0.25, 0.3) is 57.5 Å². The molecule has 0 unspecified atom stereocenters. The van der Waals surface area contributed by atoms with Gasteiger partial charge in [-0.15, -0.1) is 0 Å². The predicted molar refractivity (Wildman–Crippen MR) is 124 cm³/mol. The number of aromatic nitrogens is 4. The molecule has 6 heteroatoms. The number of fused-ring (bicyclic) bond motifs is 8. The molecule has 0 spiro atoms. The van der Waals surface area contributed by atoms with Gasteiger partial charge in [0, 0.05) is 37.7 Å².